The number of rotatable bonds is 8. The zero-order valence-electron chi connectivity index (χ0n) is 13.9. The number of imide groups is 1. The first-order chi connectivity index (χ1) is 12.2. The van der Waals surface area contributed by atoms with E-state index in [0.717, 1.165) is 5.75 Å². The van der Waals surface area contributed by atoms with E-state index in [1.165, 1.54) is 10.5 Å². The largest absolute Gasteiger partial charge is 0.345 e. The van der Waals surface area contributed by atoms with Crippen molar-refractivity contribution in [3.8, 4) is 0 Å². The van der Waals surface area contributed by atoms with Gasteiger partial charge in [-0.05, 0) is 5.56 Å². The quantitative estimate of drug-likeness (QED) is 0.400. The topological polar surface area (TPSA) is 86.3 Å². The fourth-order valence-electron chi connectivity index (χ4n) is 2.71. The molecule has 2 heterocycles. The fourth-order valence-corrected chi connectivity index (χ4v) is 3.41. The van der Waals surface area contributed by atoms with Crippen LogP contribution in [0.15, 0.2) is 35.3 Å². The van der Waals surface area contributed by atoms with Crippen LogP contribution in [0.3, 0.4) is 0 Å². The maximum absolute atomic E-state index is 12.0. The van der Waals surface area contributed by atoms with Crippen molar-refractivity contribution in [1.29, 1.82) is 0 Å². The Morgan fingerprint density at radius 2 is 2.12 bits per heavy atom. The Morgan fingerprint density at radius 1 is 1.32 bits per heavy atom. The third-order valence-electron chi connectivity index (χ3n) is 4.05. The van der Waals surface area contributed by atoms with Crippen LogP contribution in [0.1, 0.15) is 5.56 Å². The van der Waals surface area contributed by atoms with Crippen LogP contribution in [-0.4, -0.2) is 66.4 Å². The number of hydroxylamine groups is 1. The van der Waals surface area contributed by atoms with Crippen LogP contribution >= 0.6 is 11.8 Å². The number of urea groups is 1. The number of carbonyl (C=O) groups excluding carboxylic acids is 2. The maximum atomic E-state index is 12.0. The first-order valence-corrected chi connectivity index (χ1v) is 9.15. The van der Waals surface area contributed by atoms with E-state index in [2.05, 4.69) is 27.9 Å². The molecule has 2 atom stereocenters. The van der Waals surface area contributed by atoms with Crippen LogP contribution in [0.25, 0.3) is 0 Å². The minimum atomic E-state index is -0.487. The third-order valence-corrected chi connectivity index (χ3v) is 4.91. The van der Waals surface area contributed by atoms with Crippen molar-refractivity contribution in [3.63, 3.8) is 0 Å². The van der Waals surface area contributed by atoms with Crippen LogP contribution < -0.4 is 10.8 Å². The molecule has 1 fully saturated rings. The standard InChI is InChI=1S/C16H21N5O3S/c1-20-14-13(15(22)19-16(20)23)21(10-17-14)7-8-24-18-11-25-9-12-5-3-2-4-6-12/h2-6,10,13-14,18H,7-9,11H2,1H3,(H,19,22,23). The van der Waals surface area contributed by atoms with Crippen LogP contribution in [0.2, 0.25) is 0 Å². The van der Waals surface area contributed by atoms with Crippen molar-refractivity contribution in [2.75, 3.05) is 26.1 Å². The second-order valence-electron chi connectivity index (χ2n) is 5.74. The number of carbonyl (C=O) groups is 2. The number of nitrogens with one attached hydrogen (secondary N) is 2. The highest BCUT2D eigenvalue weighted by Crippen LogP contribution is 2.20. The molecular weight excluding hydrogens is 342 g/mol. The van der Waals surface area contributed by atoms with E-state index in [4.69, 9.17) is 4.84 Å². The zero-order valence-corrected chi connectivity index (χ0v) is 14.7. The third kappa shape index (κ3) is 4.30. The Kier molecular flexibility index (Phi) is 5.90. The van der Waals surface area contributed by atoms with Gasteiger partial charge in [0.05, 0.1) is 18.8 Å². The summed E-state index contributed by atoms with van der Waals surface area (Å²) >= 11 is 1.72. The summed E-state index contributed by atoms with van der Waals surface area (Å²) in [4.78, 5) is 36.5. The smallest absolute Gasteiger partial charge is 0.325 e. The van der Waals surface area contributed by atoms with E-state index in [9.17, 15) is 9.59 Å². The molecule has 0 spiro atoms. The van der Waals surface area contributed by atoms with Gasteiger partial charge < -0.3 is 9.80 Å². The fraction of sp³-hybridized carbons (Fsp3) is 0.438. The average Bonchev–Trinajstić information content (AvgIpc) is 3.04. The van der Waals surface area contributed by atoms with Gasteiger partial charge in [-0.1, -0.05) is 30.3 Å². The van der Waals surface area contributed by atoms with Crippen LogP contribution in [-0.2, 0) is 15.4 Å². The molecule has 2 unspecified atom stereocenters. The highest BCUT2D eigenvalue weighted by Gasteiger charge is 2.45. The lowest BCUT2D eigenvalue weighted by Crippen LogP contribution is -2.63. The Labute approximate surface area is 150 Å². The Bertz CT molecular complexity index is 642. The molecule has 1 aromatic carbocycles. The van der Waals surface area contributed by atoms with Crippen molar-refractivity contribution >= 4 is 30.0 Å². The van der Waals surface area contributed by atoms with Gasteiger partial charge in [0.1, 0.15) is 0 Å². The van der Waals surface area contributed by atoms with Gasteiger partial charge in [-0.2, -0.15) is 5.48 Å². The summed E-state index contributed by atoms with van der Waals surface area (Å²) in [6.07, 6.45) is 1.15. The first kappa shape index (κ1) is 17.7. The number of hydrogen-bond donors (Lipinski definition) is 2. The Hall–Kier alpha value is -2.10. The Balaban J connectivity index is 1.32. The summed E-state index contributed by atoms with van der Waals surface area (Å²) in [7, 11) is 1.63. The lowest BCUT2D eigenvalue weighted by molar-refractivity contribution is -0.127. The summed E-state index contributed by atoms with van der Waals surface area (Å²) in [5, 5.41) is 2.33. The monoisotopic (exact) mass is 363 g/mol. The summed E-state index contributed by atoms with van der Waals surface area (Å²) in [6.45, 7) is 0.919. The number of amides is 3. The molecule has 0 aliphatic carbocycles. The molecule has 0 bridgehead atoms. The highest BCUT2D eigenvalue weighted by molar-refractivity contribution is 7.98. The van der Waals surface area contributed by atoms with E-state index in [1.54, 1.807) is 30.0 Å². The van der Waals surface area contributed by atoms with Crippen molar-refractivity contribution in [1.82, 2.24) is 20.6 Å². The molecule has 3 rings (SSSR count). The molecular formula is C16H21N5O3S. The molecule has 2 aliphatic heterocycles. The zero-order chi connectivity index (χ0) is 17.6. The predicted molar refractivity (Wildman–Crippen MR) is 95.8 cm³/mol. The SMILES string of the molecule is CN1C(=O)NC(=O)C2C1N=CN2CCONCSCc1ccccc1. The molecule has 0 saturated carbocycles. The molecule has 3 amide bonds. The summed E-state index contributed by atoms with van der Waals surface area (Å²) in [5.74, 6) is 1.27. The molecule has 0 aromatic heterocycles. The van der Waals surface area contributed by atoms with Crippen LogP contribution in [0.4, 0.5) is 4.79 Å². The van der Waals surface area contributed by atoms with Gasteiger partial charge in [0.25, 0.3) is 5.91 Å². The number of nitrogens with zero attached hydrogens (tertiary/aromatic N) is 3. The number of aliphatic imine (C=N–C) groups is 1. The summed E-state index contributed by atoms with van der Waals surface area (Å²) < 4.78 is 0. The van der Waals surface area contributed by atoms with Gasteiger partial charge in [-0.25, -0.2) is 9.79 Å². The van der Waals surface area contributed by atoms with Crippen molar-refractivity contribution in [3.05, 3.63) is 35.9 Å². The van der Waals surface area contributed by atoms with Crippen molar-refractivity contribution in [2.45, 2.75) is 18.0 Å². The first-order valence-electron chi connectivity index (χ1n) is 8.00. The minimum absolute atomic E-state index is 0.322. The number of thioether (sulfide) groups is 1. The van der Waals surface area contributed by atoms with Gasteiger partial charge in [0, 0.05) is 19.3 Å². The molecule has 8 nitrogen and oxygen atoms in total. The van der Waals surface area contributed by atoms with Gasteiger partial charge in [-0.3, -0.25) is 14.9 Å². The molecule has 0 radical (unpaired) electrons. The molecule has 9 heteroatoms. The molecule has 134 valence electrons. The van der Waals surface area contributed by atoms with Crippen LogP contribution in [0.5, 0.6) is 0 Å². The van der Waals surface area contributed by atoms with Crippen LogP contribution in [0, 0.1) is 0 Å². The van der Waals surface area contributed by atoms with Crippen molar-refractivity contribution < 1.29 is 14.4 Å². The number of likely N-dealkylation sites (N-methyl/N-ethyl adjacent to an activating group) is 1. The minimum Gasteiger partial charge on any atom is -0.345 e. The molecule has 25 heavy (non-hydrogen) atoms. The molecule has 1 saturated heterocycles. The molecule has 1 aromatic rings. The lowest BCUT2D eigenvalue weighted by atomic mass is 10.1. The Morgan fingerprint density at radius 3 is 2.92 bits per heavy atom. The van der Waals surface area contributed by atoms with E-state index in [0.29, 0.717) is 19.0 Å². The van der Waals surface area contributed by atoms with Crippen molar-refractivity contribution in [2.24, 2.45) is 4.99 Å². The van der Waals surface area contributed by atoms with Gasteiger partial charge in [-0.15, -0.1) is 11.8 Å². The van der Waals surface area contributed by atoms with E-state index in [1.807, 2.05) is 18.2 Å². The average molecular weight is 363 g/mol. The number of hydrogen-bond acceptors (Lipinski definition) is 7. The van der Waals surface area contributed by atoms with E-state index >= 15 is 0 Å². The lowest BCUT2D eigenvalue weighted by Gasteiger charge is -2.35. The predicted octanol–water partition coefficient (Wildman–Crippen LogP) is 0.619. The second kappa shape index (κ2) is 8.32. The molecule has 2 aliphatic rings. The summed E-state index contributed by atoms with van der Waals surface area (Å²) in [5.41, 5.74) is 4.18. The van der Waals surface area contributed by atoms with E-state index < -0.39 is 18.2 Å². The van der Waals surface area contributed by atoms with Gasteiger partial charge in [0.15, 0.2) is 12.2 Å². The second-order valence-corrected chi connectivity index (χ2v) is 6.72. The molecule has 2 N–H and O–H groups in total. The van der Waals surface area contributed by atoms with Gasteiger partial charge >= 0.3 is 6.03 Å². The summed E-state index contributed by atoms with van der Waals surface area (Å²) in [6, 6.07) is 9.33. The normalized spacial score (nSPS) is 22.3. The van der Waals surface area contributed by atoms with Gasteiger partial charge in [0.2, 0.25) is 0 Å². The van der Waals surface area contributed by atoms with E-state index in [-0.39, 0.29) is 5.91 Å². The number of benzene rings is 1. The number of fused-ring (bicyclic) bond motifs is 1. The highest BCUT2D eigenvalue weighted by atomic mass is 32.2. The maximum Gasteiger partial charge on any atom is 0.325 e.